The number of aromatic nitrogens is 2. The summed E-state index contributed by atoms with van der Waals surface area (Å²) in [5.41, 5.74) is 5.09. The fourth-order valence-electron chi connectivity index (χ4n) is 1.91. The van der Waals surface area contributed by atoms with Crippen molar-refractivity contribution < 1.29 is 4.74 Å². The first-order chi connectivity index (χ1) is 9.70. The Morgan fingerprint density at radius 1 is 1.30 bits per heavy atom. The van der Waals surface area contributed by atoms with Gasteiger partial charge in [0, 0.05) is 41.4 Å². The molecule has 0 amide bonds. The number of nitrogens with one attached hydrogen (secondary N) is 1. The van der Waals surface area contributed by atoms with Crippen LogP contribution in [-0.4, -0.2) is 23.1 Å². The lowest BCUT2D eigenvalue weighted by Gasteiger charge is -2.12. The molecule has 0 aliphatic rings. The monoisotopic (exact) mass is 291 g/mol. The molecule has 0 aliphatic carbocycles. The van der Waals surface area contributed by atoms with Crippen LogP contribution in [0.5, 0.6) is 5.75 Å². The number of nitrogens with zero attached hydrogens (tertiary/aromatic N) is 2. The molecule has 0 fully saturated rings. The molecule has 20 heavy (non-hydrogen) atoms. The van der Waals surface area contributed by atoms with Gasteiger partial charge in [-0.3, -0.25) is 4.98 Å². The Bertz CT molecular complexity index is 554. The lowest BCUT2D eigenvalue weighted by molar-refractivity contribution is 0.317. The van der Waals surface area contributed by atoms with Gasteiger partial charge in [-0.1, -0.05) is 6.92 Å². The Kier molecular flexibility index (Phi) is 5.49. The summed E-state index contributed by atoms with van der Waals surface area (Å²) in [6, 6.07) is 2.01. The van der Waals surface area contributed by atoms with Crippen molar-refractivity contribution in [2.45, 2.75) is 33.7 Å². The van der Waals surface area contributed by atoms with Crippen LogP contribution in [0.3, 0.4) is 0 Å². The molecule has 0 saturated heterocycles. The third-order valence-corrected chi connectivity index (χ3v) is 4.07. The number of thiazole rings is 1. The molecule has 5 heteroatoms. The van der Waals surface area contributed by atoms with Crippen LogP contribution in [0.4, 0.5) is 0 Å². The van der Waals surface area contributed by atoms with Crippen molar-refractivity contribution in [3.8, 4) is 5.75 Å². The van der Waals surface area contributed by atoms with E-state index in [0.29, 0.717) is 6.61 Å². The Labute approximate surface area is 124 Å². The van der Waals surface area contributed by atoms with E-state index in [4.69, 9.17) is 4.74 Å². The number of ether oxygens (including phenoxy) is 1. The molecule has 0 aliphatic heterocycles. The van der Waals surface area contributed by atoms with Crippen LogP contribution >= 0.6 is 11.3 Å². The van der Waals surface area contributed by atoms with Gasteiger partial charge in [-0.2, -0.15) is 0 Å². The van der Waals surface area contributed by atoms with Crippen LogP contribution in [0.2, 0.25) is 0 Å². The van der Waals surface area contributed by atoms with Crippen LogP contribution in [0, 0.1) is 13.8 Å². The Balaban J connectivity index is 1.97. The molecule has 2 heterocycles. The molecule has 0 unspecified atom stereocenters. The molecule has 108 valence electrons. The molecule has 2 aromatic rings. The van der Waals surface area contributed by atoms with Crippen LogP contribution in [0.15, 0.2) is 17.8 Å². The summed E-state index contributed by atoms with van der Waals surface area (Å²) < 4.78 is 5.94. The maximum atomic E-state index is 5.94. The number of hydrogen-bond acceptors (Lipinski definition) is 5. The molecular formula is C15H21N3OS. The minimum Gasteiger partial charge on any atom is -0.493 e. The smallest absolute Gasteiger partial charge is 0.127 e. The maximum Gasteiger partial charge on any atom is 0.127 e. The van der Waals surface area contributed by atoms with Gasteiger partial charge in [-0.25, -0.2) is 4.98 Å². The normalized spacial score (nSPS) is 10.8. The third kappa shape index (κ3) is 4.02. The molecule has 2 aromatic heterocycles. The van der Waals surface area contributed by atoms with Gasteiger partial charge < -0.3 is 10.1 Å². The summed E-state index contributed by atoms with van der Waals surface area (Å²) in [7, 11) is 0. The standard InChI is InChI=1S/C15H21N3OS/c1-4-16-8-13-9-17-11(2)7-14(13)19-6-5-15-12(3)18-10-20-15/h7,9-10,16H,4-6,8H2,1-3H3. The van der Waals surface area contributed by atoms with Gasteiger partial charge >= 0.3 is 0 Å². The Morgan fingerprint density at radius 2 is 2.15 bits per heavy atom. The first-order valence-corrected chi connectivity index (χ1v) is 7.76. The first-order valence-electron chi connectivity index (χ1n) is 6.88. The molecular weight excluding hydrogens is 270 g/mol. The zero-order chi connectivity index (χ0) is 14.4. The number of rotatable bonds is 7. The Morgan fingerprint density at radius 3 is 2.85 bits per heavy atom. The van der Waals surface area contributed by atoms with E-state index in [0.717, 1.165) is 42.2 Å². The van der Waals surface area contributed by atoms with Crippen molar-refractivity contribution in [3.05, 3.63) is 39.6 Å². The van der Waals surface area contributed by atoms with Gasteiger partial charge in [0.25, 0.3) is 0 Å². The highest BCUT2D eigenvalue weighted by atomic mass is 32.1. The molecule has 0 spiro atoms. The van der Waals surface area contributed by atoms with Crippen LogP contribution in [0.1, 0.15) is 28.8 Å². The largest absolute Gasteiger partial charge is 0.493 e. The molecule has 0 aromatic carbocycles. The number of aryl methyl sites for hydroxylation is 2. The highest BCUT2D eigenvalue weighted by Gasteiger charge is 2.06. The van der Waals surface area contributed by atoms with Gasteiger partial charge in [-0.05, 0) is 20.4 Å². The fourth-order valence-corrected chi connectivity index (χ4v) is 2.67. The SMILES string of the molecule is CCNCc1cnc(C)cc1OCCc1scnc1C. The van der Waals surface area contributed by atoms with Gasteiger partial charge in [0.15, 0.2) is 0 Å². The van der Waals surface area contributed by atoms with E-state index in [2.05, 4.69) is 22.2 Å². The predicted molar refractivity (Wildman–Crippen MR) is 82.4 cm³/mol. The van der Waals surface area contributed by atoms with Crippen molar-refractivity contribution in [2.75, 3.05) is 13.2 Å². The minimum atomic E-state index is 0.672. The lowest BCUT2D eigenvalue weighted by Crippen LogP contribution is -2.14. The first kappa shape index (κ1) is 14.9. The summed E-state index contributed by atoms with van der Waals surface area (Å²) in [6.45, 7) is 8.52. The molecule has 0 radical (unpaired) electrons. The van der Waals surface area contributed by atoms with E-state index in [1.54, 1.807) is 11.3 Å². The number of hydrogen-bond donors (Lipinski definition) is 1. The van der Waals surface area contributed by atoms with E-state index in [9.17, 15) is 0 Å². The van der Waals surface area contributed by atoms with Crippen molar-refractivity contribution in [2.24, 2.45) is 0 Å². The van der Waals surface area contributed by atoms with Crippen molar-refractivity contribution >= 4 is 11.3 Å². The van der Waals surface area contributed by atoms with Gasteiger partial charge in [0.2, 0.25) is 0 Å². The molecule has 4 nitrogen and oxygen atoms in total. The third-order valence-electron chi connectivity index (χ3n) is 3.08. The van der Waals surface area contributed by atoms with Gasteiger partial charge in [-0.15, -0.1) is 11.3 Å². The van der Waals surface area contributed by atoms with Gasteiger partial charge in [0.05, 0.1) is 17.8 Å². The highest BCUT2D eigenvalue weighted by molar-refractivity contribution is 7.09. The predicted octanol–water partition coefficient (Wildman–Crippen LogP) is 2.89. The Hall–Kier alpha value is -1.46. The summed E-state index contributed by atoms with van der Waals surface area (Å²) >= 11 is 1.69. The second kappa shape index (κ2) is 7.36. The number of pyridine rings is 1. The molecule has 0 saturated carbocycles. The van der Waals surface area contributed by atoms with Crippen molar-refractivity contribution in [1.82, 2.24) is 15.3 Å². The van der Waals surface area contributed by atoms with E-state index in [1.807, 2.05) is 31.6 Å². The summed E-state index contributed by atoms with van der Waals surface area (Å²) in [6.07, 6.45) is 2.80. The van der Waals surface area contributed by atoms with Crippen molar-refractivity contribution in [1.29, 1.82) is 0 Å². The van der Waals surface area contributed by atoms with Crippen molar-refractivity contribution in [3.63, 3.8) is 0 Å². The van der Waals surface area contributed by atoms with Crippen LogP contribution < -0.4 is 10.1 Å². The second-order valence-electron chi connectivity index (χ2n) is 4.67. The maximum absolute atomic E-state index is 5.94. The van der Waals surface area contributed by atoms with E-state index >= 15 is 0 Å². The second-order valence-corrected chi connectivity index (χ2v) is 5.61. The van der Waals surface area contributed by atoms with E-state index < -0.39 is 0 Å². The summed E-state index contributed by atoms with van der Waals surface area (Å²) in [5, 5.41) is 3.31. The molecule has 1 N–H and O–H groups in total. The van der Waals surface area contributed by atoms with Crippen LogP contribution in [0.25, 0.3) is 0 Å². The molecule has 2 rings (SSSR count). The average molecular weight is 291 g/mol. The summed E-state index contributed by atoms with van der Waals surface area (Å²) in [4.78, 5) is 9.89. The highest BCUT2D eigenvalue weighted by Crippen LogP contribution is 2.20. The minimum absolute atomic E-state index is 0.672. The zero-order valence-electron chi connectivity index (χ0n) is 12.3. The lowest BCUT2D eigenvalue weighted by atomic mass is 10.2. The topological polar surface area (TPSA) is 47.0 Å². The quantitative estimate of drug-likeness (QED) is 0.852. The van der Waals surface area contributed by atoms with Crippen LogP contribution in [-0.2, 0) is 13.0 Å². The zero-order valence-corrected chi connectivity index (χ0v) is 13.1. The average Bonchev–Trinajstić information content (AvgIpc) is 2.84. The molecule has 0 atom stereocenters. The fraction of sp³-hybridized carbons (Fsp3) is 0.467. The van der Waals surface area contributed by atoms with E-state index in [1.165, 1.54) is 4.88 Å². The van der Waals surface area contributed by atoms with E-state index in [-0.39, 0.29) is 0 Å². The van der Waals surface area contributed by atoms with Gasteiger partial charge in [0.1, 0.15) is 5.75 Å². The molecule has 0 bridgehead atoms. The summed E-state index contributed by atoms with van der Waals surface area (Å²) in [5.74, 6) is 0.931.